The first kappa shape index (κ1) is 17.0. The third-order valence-electron chi connectivity index (χ3n) is 3.16. The summed E-state index contributed by atoms with van der Waals surface area (Å²) >= 11 is 6.04. The van der Waals surface area contributed by atoms with E-state index in [9.17, 15) is 4.79 Å². The molecule has 122 valence electrons. The van der Waals surface area contributed by atoms with Crippen molar-refractivity contribution >= 4 is 23.2 Å². The predicted molar refractivity (Wildman–Crippen MR) is 89.7 cm³/mol. The average molecular weight is 336 g/mol. The number of hydrogen-bond donors (Lipinski definition) is 1. The number of methoxy groups -OCH3 is 2. The van der Waals surface area contributed by atoms with Crippen LogP contribution in [0.5, 0.6) is 17.2 Å². The van der Waals surface area contributed by atoms with Gasteiger partial charge in [-0.1, -0.05) is 29.8 Å². The molecule has 1 atom stereocenters. The molecule has 2 rings (SSSR count). The first-order valence-electron chi connectivity index (χ1n) is 6.99. The number of rotatable bonds is 6. The molecular weight excluding hydrogens is 318 g/mol. The van der Waals surface area contributed by atoms with E-state index in [0.29, 0.717) is 28.0 Å². The van der Waals surface area contributed by atoms with Crippen molar-refractivity contribution in [1.29, 1.82) is 0 Å². The number of para-hydroxylation sites is 1. The lowest BCUT2D eigenvalue weighted by molar-refractivity contribution is -0.122. The number of halogens is 1. The summed E-state index contributed by atoms with van der Waals surface area (Å²) in [5.74, 6) is 1.20. The van der Waals surface area contributed by atoms with Crippen molar-refractivity contribution in [1.82, 2.24) is 0 Å². The molecule has 0 aromatic heterocycles. The Morgan fingerprint density at radius 3 is 2.35 bits per heavy atom. The first-order valence-corrected chi connectivity index (χ1v) is 7.37. The van der Waals surface area contributed by atoms with Gasteiger partial charge < -0.3 is 19.5 Å². The second-order valence-corrected chi connectivity index (χ2v) is 5.16. The zero-order valence-electron chi connectivity index (χ0n) is 13.1. The molecule has 0 heterocycles. The highest BCUT2D eigenvalue weighted by atomic mass is 35.5. The molecule has 1 amide bonds. The van der Waals surface area contributed by atoms with Gasteiger partial charge in [0.05, 0.1) is 24.9 Å². The summed E-state index contributed by atoms with van der Waals surface area (Å²) in [5, 5.41) is 3.15. The molecule has 0 bridgehead atoms. The molecule has 5 nitrogen and oxygen atoms in total. The Bertz CT molecular complexity index is 676. The number of carbonyl (C=O) groups is 1. The fourth-order valence-electron chi connectivity index (χ4n) is 1.95. The molecule has 0 saturated heterocycles. The van der Waals surface area contributed by atoms with Gasteiger partial charge >= 0.3 is 0 Å². The predicted octanol–water partition coefficient (Wildman–Crippen LogP) is 3.76. The highest BCUT2D eigenvalue weighted by Gasteiger charge is 2.18. The minimum Gasteiger partial charge on any atom is -0.495 e. The van der Waals surface area contributed by atoms with E-state index in [0.717, 1.165) is 0 Å². The Hall–Kier alpha value is -2.40. The Labute approximate surface area is 140 Å². The van der Waals surface area contributed by atoms with Gasteiger partial charge in [0.25, 0.3) is 5.91 Å². The van der Waals surface area contributed by atoms with Crippen LogP contribution in [0, 0.1) is 0 Å². The fraction of sp³-hybridized carbons (Fsp3) is 0.235. The summed E-state index contributed by atoms with van der Waals surface area (Å²) in [6.07, 6.45) is -0.677. The van der Waals surface area contributed by atoms with Gasteiger partial charge in [-0.05, 0) is 19.1 Å². The third kappa shape index (κ3) is 4.29. The van der Waals surface area contributed by atoms with Gasteiger partial charge in [0.15, 0.2) is 6.10 Å². The molecule has 0 aliphatic heterocycles. The maximum absolute atomic E-state index is 12.3. The number of amides is 1. The van der Waals surface area contributed by atoms with Gasteiger partial charge in [-0.15, -0.1) is 0 Å². The number of nitrogens with one attached hydrogen (secondary N) is 1. The van der Waals surface area contributed by atoms with Crippen LogP contribution in [0.15, 0.2) is 42.5 Å². The number of benzene rings is 2. The maximum Gasteiger partial charge on any atom is 0.265 e. The Morgan fingerprint density at radius 1 is 1.09 bits per heavy atom. The number of anilines is 1. The largest absolute Gasteiger partial charge is 0.495 e. The maximum atomic E-state index is 12.3. The number of carbonyl (C=O) groups excluding carboxylic acids is 1. The van der Waals surface area contributed by atoms with Gasteiger partial charge in [-0.25, -0.2) is 0 Å². The van der Waals surface area contributed by atoms with Crippen LogP contribution in [0.3, 0.4) is 0 Å². The van der Waals surface area contributed by atoms with Gasteiger partial charge in [-0.3, -0.25) is 4.79 Å². The summed E-state index contributed by atoms with van der Waals surface area (Å²) in [6, 6.07) is 12.3. The molecule has 0 fully saturated rings. The molecular formula is C17H18ClNO4. The summed E-state index contributed by atoms with van der Waals surface area (Å²) in [5.41, 5.74) is 0.460. The van der Waals surface area contributed by atoms with Crippen molar-refractivity contribution in [2.45, 2.75) is 13.0 Å². The van der Waals surface area contributed by atoms with E-state index < -0.39 is 6.10 Å². The van der Waals surface area contributed by atoms with Crippen LogP contribution in [-0.4, -0.2) is 26.2 Å². The van der Waals surface area contributed by atoms with E-state index in [4.69, 9.17) is 25.8 Å². The second kappa shape index (κ2) is 7.74. The minimum atomic E-state index is -0.677. The van der Waals surface area contributed by atoms with Gasteiger partial charge in [-0.2, -0.15) is 0 Å². The molecule has 23 heavy (non-hydrogen) atoms. The average Bonchev–Trinajstić information content (AvgIpc) is 2.56. The fourth-order valence-corrected chi connectivity index (χ4v) is 2.18. The van der Waals surface area contributed by atoms with Crippen LogP contribution in [-0.2, 0) is 4.79 Å². The van der Waals surface area contributed by atoms with Crippen molar-refractivity contribution in [3.05, 3.63) is 47.5 Å². The molecule has 0 aliphatic rings. The molecule has 0 spiro atoms. The van der Waals surface area contributed by atoms with E-state index in [2.05, 4.69) is 5.32 Å². The van der Waals surface area contributed by atoms with Gasteiger partial charge in [0.2, 0.25) is 0 Å². The normalized spacial score (nSPS) is 11.5. The van der Waals surface area contributed by atoms with Crippen molar-refractivity contribution in [2.75, 3.05) is 19.5 Å². The molecule has 0 saturated carbocycles. The summed E-state index contributed by atoms with van der Waals surface area (Å²) in [6.45, 7) is 1.67. The lowest BCUT2D eigenvalue weighted by atomic mass is 10.2. The molecule has 6 heteroatoms. The highest BCUT2D eigenvalue weighted by molar-refractivity contribution is 6.32. The van der Waals surface area contributed by atoms with Crippen LogP contribution in [0.1, 0.15) is 6.92 Å². The molecule has 0 radical (unpaired) electrons. The zero-order valence-corrected chi connectivity index (χ0v) is 13.9. The summed E-state index contributed by atoms with van der Waals surface area (Å²) in [4.78, 5) is 12.3. The van der Waals surface area contributed by atoms with Crippen LogP contribution in [0.2, 0.25) is 5.02 Å². The van der Waals surface area contributed by atoms with Gasteiger partial charge in [0.1, 0.15) is 17.2 Å². The topological polar surface area (TPSA) is 56.8 Å². The summed E-state index contributed by atoms with van der Waals surface area (Å²) < 4.78 is 16.0. The first-order chi connectivity index (χ1) is 11.0. The van der Waals surface area contributed by atoms with Crippen LogP contribution < -0.4 is 19.5 Å². The molecule has 0 unspecified atom stereocenters. The highest BCUT2D eigenvalue weighted by Crippen LogP contribution is 2.35. The Balaban J connectivity index is 2.13. The standard InChI is InChI=1S/C17H18ClNO4/c1-11(23-12-7-5-4-6-8-12)17(20)19-14-10-15(21-2)13(18)9-16(14)22-3/h4-11H,1-3H3,(H,19,20)/t11-/m1/s1. The van der Waals surface area contributed by atoms with E-state index in [1.54, 1.807) is 31.2 Å². The molecule has 1 N–H and O–H groups in total. The van der Waals surface area contributed by atoms with Crippen molar-refractivity contribution in [3.63, 3.8) is 0 Å². The van der Waals surface area contributed by atoms with E-state index in [-0.39, 0.29) is 5.91 Å². The quantitative estimate of drug-likeness (QED) is 0.873. The van der Waals surface area contributed by atoms with Crippen LogP contribution in [0.25, 0.3) is 0 Å². The van der Waals surface area contributed by atoms with Crippen molar-refractivity contribution < 1.29 is 19.0 Å². The minimum absolute atomic E-state index is 0.309. The number of hydrogen-bond acceptors (Lipinski definition) is 4. The van der Waals surface area contributed by atoms with Crippen molar-refractivity contribution in [2.24, 2.45) is 0 Å². The smallest absolute Gasteiger partial charge is 0.265 e. The van der Waals surface area contributed by atoms with Crippen LogP contribution in [0.4, 0.5) is 5.69 Å². The Kier molecular flexibility index (Phi) is 5.71. The Morgan fingerprint density at radius 2 is 1.74 bits per heavy atom. The molecule has 2 aromatic carbocycles. The zero-order chi connectivity index (χ0) is 16.8. The monoisotopic (exact) mass is 335 g/mol. The molecule has 2 aromatic rings. The third-order valence-corrected chi connectivity index (χ3v) is 3.45. The number of ether oxygens (including phenoxy) is 3. The summed E-state index contributed by atoms with van der Waals surface area (Å²) in [7, 11) is 3.00. The van der Waals surface area contributed by atoms with Gasteiger partial charge in [0, 0.05) is 12.1 Å². The van der Waals surface area contributed by atoms with E-state index in [1.807, 2.05) is 18.2 Å². The SMILES string of the molecule is COc1cc(NC(=O)[C@@H](C)Oc2ccccc2)c(OC)cc1Cl. The lowest BCUT2D eigenvalue weighted by Crippen LogP contribution is -2.30. The van der Waals surface area contributed by atoms with Crippen LogP contribution >= 0.6 is 11.6 Å². The lowest BCUT2D eigenvalue weighted by Gasteiger charge is -2.17. The molecule has 0 aliphatic carbocycles. The second-order valence-electron chi connectivity index (χ2n) is 4.75. The van der Waals surface area contributed by atoms with Crippen molar-refractivity contribution in [3.8, 4) is 17.2 Å². The van der Waals surface area contributed by atoms with E-state index in [1.165, 1.54) is 14.2 Å². The van der Waals surface area contributed by atoms with E-state index >= 15 is 0 Å².